The number of nitrogens with one attached hydrogen (secondary N) is 1. The van der Waals surface area contributed by atoms with Crippen molar-refractivity contribution in [3.63, 3.8) is 0 Å². The third-order valence-electron chi connectivity index (χ3n) is 4.55. The zero-order valence-corrected chi connectivity index (χ0v) is 14.9. The first-order valence-corrected chi connectivity index (χ1v) is 8.89. The topological polar surface area (TPSA) is 54.3 Å². The van der Waals surface area contributed by atoms with Crippen LogP contribution in [0.2, 0.25) is 0 Å². The minimum atomic E-state index is -0.518. The molecular formula is C21H23FN2O2. The van der Waals surface area contributed by atoms with Gasteiger partial charge in [0.2, 0.25) is 0 Å². The average molecular weight is 354 g/mol. The number of halogens is 1. The molecule has 136 valence electrons. The summed E-state index contributed by atoms with van der Waals surface area (Å²) in [7, 11) is 1.88. The van der Waals surface area contributed by atoms with Gasteiger partial charge in [0, 0.05) is 24.6 Å². The molecule has 0 bridgehead atoms. The summed E-state index contributed by atoms with van der Waals surface area (Å²) < 4.78 is 25.7. The maximum atomic E-state index is 14.1. The molecule has 26 heavy (non-hydrogen) atoms. The monoisotopic (exact) mass is 354 g/mol. The second-order valence-electron chi connectivity index (χ2n) is 6.56. The fraction of sp³-hybridized carbons (Fsp3) is 0.381. The summed E-state index contributed by atoms with van der Waals surface area (Å²) in [5.74, 6) is 0.585. The van der Waals surface area contributed by atoms with Gasteiger partial charge in [-0.25, -0.2) is 4.39 Å². The van der Waals surface area contributed by atoms with Gasteiger partial charge in [0.05, 0.1) is 18.8 Å². The molecule has 1 unspecified atom stereocenters. The molecule has 1 fully saturated rings. The van der Waals surface area contributed by atoms with E-state index < -0.39 is 5.82 Å². The highest BCUT2D eigenvalue weighted by molar-refractivity contribution is 5.72. The van der Waals surface area contributed by atoms with Crippen LogP contribution in [-0.4, -0.2) is 26.9 Å². The van der Waals surface area contributed by atoms with Gasteiger partial charge in [-0.05, 0) is 55.3 Å². The average Bonchev–Trinajstić information content (AvgIpc) is 2.68. The van der Waals surface area contributed by atoms with Crippen LogP contribution in [0.15, 0.2) is 36.4 Å². The molecule has 0 spiro atoms. The van der Waals surface area contributed by atoms with Crippen LogP contribution in [0.25, 0.3) is 11.1 Å². The van der Waals surface area contributed by atoms with Crippen molar-refractivity contribution in [2.45, 2.75) is 19.4 Å². The molecule has 1 aliphatic rings. The summed E-state index contributed by atoms with van der Waals surface area (Å²) in [6, 6.07) is 12.5. The first-order valence-electron chi connectivity index (χ1n) is 8.89. The van der Waals surface area contributed by atoms with Crippen molar-refractivity contribution >= 4 is 0 Å². The zero-order chi connectivity index (χ0) is 18.4. The van der Waals surface area contributed by atoms with E-state index in [1.165, 1.54) is 12.1 Å². The first-order chi connectivity index (χ1) is 12.7. The smallest absolute Gasteiger partial charge is 0.141 e. The van der Waals surface area contributed by atoms with Crippen LogP contribution in [0.4, 0.5) is 4.39 Å². The van der Waals surface area contributed by atoms with E-state index in [9.17, 15) is 4.39 Å². The van der Waals surface area contributed by atoms with Crippen LogP contribution in [0.3, 0.4) is 0 Å². The van der Waals surface area contributed by atoms with Gasteiger partial charge in [0.25, 0.3) is 0 Å². The summed E-state index contributed by atoms with van der Waals surface area (Å²) >= 11 is 0. The van der Waals surface area contributed by atoms with Gasteiger partial charge >= 0.3 is 0 Å². The molecule has 3 rings (SSSR count). The lowest BCUT2D eigenvalue weighted by molar-refractivity contribution is 0.0353. The Morgan fingerprint density at radius 2 is 2.19 bits per heavy atom. The van der Waals surface area contributed by atoms with Crippen LogP contribution < -0.4 is 10.1 Å². The molecule has 0 aromatic heterocycles. The van der Waals surface area contributed by atoms with Crippen LogP contribution in [0, 0.1) is 23.1 Å². The molecule has 0 amide bonds. The predicted molar refractivity (Wildman–Crippen MR) is 98.4 cm³/mol. The summed E-state index contributed by atoms with van der Waals surface area (Å²) in [6.45, 7) is 2.84. The van der Waals surface area contributed by atoms with Gasteiger partial charge in [0.1, 0.15) is 17.6 Å². The second kappa shape index (κ2) is 8.79. The normalized spacial score (nSPS) is 16.9. The Balaban J connectivity index is 1.88. The molecule has 0 aliphatic carbocycles. The van der Waals surface area contributed by atoms with E-state index in [0.717, 1.165) is 42.9 Å². The molecule has 2 aromatic carbocycles. The summed E-state index contributed by atoms with van der Waals surface area (Å²) in [4.78, 5) is 0. The Morgan fingerprint density at radius 3 is 2.88 bits per heavy atom. The molecule has 1 N–H and O–H groups in total. The molecule has 5 heteroatoms. The van der Waals surface area contributed by atoms with Gasteiger partial charge in [-0.3, -0.25) is 0 Å². The Labute approximate surface area is 153 Å². The van der Waals surface area contributed by atoms with Crippen molar-refractivity contribution < 1.29 is 13.9 Å². The Morgan fingerprint density at radius 1 is 1.31 bits per heavy atom. The van der Waals surface area contributed by atoms with Gasteiger partial charge in [-0.1, -0.05) is 12.1 Å². The van der Waals surface area contributed by atoms with Crippen molar-refractivity contribution in [3.05, 3.63) is 53.3 Å². The highest BCUT2D eigenvalue weighted by Crippen LogP contribution is 2.33. The first kappa shape index (κ1) is 18.4. The Kier molecular flexibility index (Phi) is 6.21. The van der Waals surface area contributed by atoms with E-state index in [2.05, 4.69) is 5.32 Å². The third-order valence-corrected chi connectivity index (χ3v) is 4.55. The number of benzene rings is 2. The third kappa shape index (κ3) is 4.40. The van der Waals surface area contributed by atoms with Gasteiger partial charge < -0.3 is 14.8 Å². The largest absolute Gasteiger partial charge is 0.493 e. The lowest BCUT2D eigenvalue weighted by Crippen LogP contribution is -2.23. The Bertz CT molecular complexity index is 795. The minimum Gasteiger partial charge on any atom is -0.493 e. The van der Waals surface area contributed by atoms with Crippen molar-refractivity contribution in [3.8, 4) is 22.9 Å². The SMILES string of the molecule is CNCc1ccc(OCC2CCCOC2)c(-c2ccc(C#N)c(F)c2)c1. The molecular weight excluding hydrogens is 331 g/mol. The van der Waals surface area contributed by atoms with Crippen molar-refractivity contribution in [1.82, 2.24) is 5.32 Å². The second-order valence-corrected chi connectivity index (χ2v) is 6.56. The highest BCUT2D eigenvalue weighted by Gasteiger charge is 2.16. The summed E-state index contributed by atoms with van der Waals surface area (Å²) in [5, 5.41) is 12.1. The van der Waals surface area contributed by atoms with Crippen molar-refractivity contribution in [2.24, 2.45) is 5.92 Å². The van der Waals surface area contributed by atoms with Crippen molar-refractivity contribution in [2.75, 3.05) is 26.9 Å². The van der Waals surface area contributed by atoms with E-state index in [1.54, 1.807) is 6.07 Å². The fourth-order valence-corrected chi connectivity index (χ4v) is 3.16. The lowest BCUT2D eigenvalue weighted by atomic mass is 10.00. The Hall–Kier alpha value is -2.42. The zero-order valence-electron chi connectivity index (χ0n) is 14.9. The number of hydrogen-bond donors (Lipinski definition) is 1. The number of nitrogens with zero attached hydrogens (tertiary/aromatic N) is 1. The van der Waals surface area contributed by atoms with Gasteiger partial charge in [0.15, 0.2) is 0 Å². The van der Waals surface area contributed by atoms with E-state index in [1.807, 2.05) is 31.3 Å². The molecule has 1 heterocycles. The van der Waals surface area contributed by atoms with Crippen LogP contribution in [0.5, 0.6) is 5.75 Å². The van der Waals surface area contributed by atoms with Gasteiger partial charge in [-0.2, -0.15) is 5.26 Å². The van der Waals surface area contributed by atoms with Gasteiger partial charge in [-0.15, -0.1) is 0 Å². The quantitative estimate of drug-likeness (QED) is 0.855. The summed E-state index contributed by atoms with van der Waals surface area (Å²) in [6.07, 6.45) is 2.15. The number of rotatable bonds is 6. The number of hydrogen-bond acceptors (Lipinski definition) is 4. The van der Waals surface area contributed by atoms with Crippen molar-refractivity contribution in [1.29, 1.82) is 5.26 Å². The maximum Gasteiger partial charge on any atom is 0.141 e. The molecule has 1 atom stereocenters. The molecule has 2 aromatic rings. The highest BCUT2D eigenvalue weighted by atomic mass is 19.1. The lowest BCUT2D eigenvalue weighted by Gasteiger charge is -2.23. The molecule has 1 aliphatic heterocycles. The predicted octanol–water partition coefficient (Wildman–Crippen LogP) is 3.89. The molecule has 4 nitrogen and oxygen atoms in total. The molecule has 1 saturated heterocycles. The number of nitriles is 1. The maximum absolute atomic E-state index is 14.1. The summed E-state index contributed by atoms with van der Waals surface area (Å²) in [5.41, 5.74) is 2.66. The van der Waals surface area contributed by atoms with E-state index >= 15 is 0 Å². The molecule has 0 radical (unpaired) electrons. The van der Waals surface area contributed by atoms with Crippen LogP contribution >= 0.6 is 0 Å². The number of ether oxygens (including phenoxy) is 2. The van der Waals surface area contributed by atoms with Crippen LogP contribution in [0.1, 0.15) is 24.0 Å². The van der Waals surface area contributed by atoms with E-state index in [-0.39, 0.29) is 5.56 Å². The van der Waals surface area contributed by atoms with E-state index in [4.69, 9.17) is 14.7 Å². The molecule has 0 saturated carbocycles. The fourth-order valence-electron chi connectivity index (χ4n) is 3.16. The van der Waals surface area contributed by atoms with E-state index in [0.29, 0.717) is 24.6 Å². The standard InChI is InChI=1S/C21H23FN2O2/c1-24-12-15-4-7-21(26-14-16-3-2-8-25-13-16)19(9-15)17-5-6-18(11-23)20(22)10-17/h4-7,9-10,16,24H,2-3,8,12-14H2,1H3. The minimum absolute atomic E-state index is 0.0435. The van der Waals surface area contributed by atoms with Crippen LogP contribution in [-0.2, 0) is 11.3 Å².